The molecule has 0 N–H and O–H groups in total. The van der Waals surface area contributed by atoms with Crippen LogP contribution in [0.15, 0.2) is 231 Å². The number of aromatic nitrogens is 8. The first-order chi connectivity index (χ1) is 45.7. The molecular weight excluding hydrogens is 1350 g/mol. The van der Waals surface area contributed by atoms with Crippen LogP contribution in [-0.4, -0.2) is 24.2 Å². The molecule has 94 heavy (non-hydrogen) atoms. The minimum atomic E-state index is -4.57. The van der Waals surface area contributed by atoms with E-state index in [1.807, 2.05) is 0 Å². The van der Waals surface area contributed by atoms with Crippen LogP contribution in [0, 0.1) is 24.8 Å². The molecule has 4 aromatic heterocycles. The summed E-state index contributed by atoms with van der Waals surface area (Å²) in [5.41, 5.74) is 18.0. The molecule has 0 amide bonds. The van der Waals surface area contributed by atoms with Crippen molar-refractivity contribution < 1.29 is 42.4 Å². The fourth-order valence-electron chi connectivity index (χ4n) is 15.0. The predicted molar refractivity (Wildman–Crippen MR) is 364 cm³/mol. The first kappa shape index (κ1) is 55.7. The van der Waals surface area contributed by atoms with E-state index in [1.165, 1.54) is 143 Å². The molecule has 449 valence electrons. The molecule has 12 heteroatoms. The molecule has 0 unspecified atom stereocenters. The summed E-state index contributed by atoms with van der Waals surface area (Å²) in [5, 5.41) is 27.0. The van der Waals surface area contributed by atoms with Crippen molar-refractivity contribution in [3.63, 3.8) is 0 Å². The normalized spacial score (nSPS) is 13.7. The number of allylic oxidation sites excluding steroid dienone is 6. The third kappa shape index (κ3) is 8.66. The maximum Gasteiger partial charge on any atom is 0.429 e. The molecule has 0 bridgehead atoms. The summed E-state index contributed by atoms with van der Waals surface area (Å²) in [6.07, 6.45) is 26.3. The second-order valence-electron chi connectivity index (χ2n) is 24.3. The Morgan fingerprint density at radius 2 is 1.04 bits per heavy atom. The van der Waals surface area contributed by atoms with Gasteiger partial charge in [-0.2, -0.15) is 37.4 Å². The Hall–Kier alpha value is -11.2. The van der Waals surface area contributed by atoms with Crippen LogP contribution in [0.2, 0.25) is 0 Å². The monoisotopic (exact) mass is 1390 g/mol. The van der Waals surface area contributed by atoms with E-state index in [0.29, 0.717) is 0 Å². The van der Waals surface area contributed by atoms with Crippen molar-refractivity contribution in [1.29, 1.82) is 0 Å². The van der Waals surface area contributed by atoms with E-state index in [-0.39, 0.29) is 31.6 Å². The third-order valence-corrected chi connectivity index (χ3v) is 19.2. The molecule has 17 aromatic rings. The largest absolute Gasteiger partial charge is 0.429 e. The van der Waals surface area contributed by atoms with Crippen molar-refractivity contribution in [1.82, 2.24) is 29.3 Å². The summed E-state index contributed by atoms with van der Waals surface area (Å²) < 4.78 is 45.1. The zero-order chi connectivity index (χ0) is 61.6. The molecule has 8 nitrogen and oxygen atoms in total. The van der Waals surface area contributed by atoms with Gasteiger partial charge in [-0.15, -0.1) is 44.8 Å². The van der Waals surface area contributed by atoms with Crippen LogP contribution in [0.3, 0.4) is 0 Å². The molecular formula is C82H48F3IrN8-3. The molecule has 4 aliphatic rings. The molecule has 0 saturated heterocycles. The Labute approximate surface area is 549 Å². The van der Waals surface area contributed by atoms with Crippen molar-refractivity contribution in [3.05, 3.63) is 295 Å². The van der Waals surface area contributed by atoms with Gasteiger partial charge in [0.2, 0.25) is 0 Å². The van der Waals surface area contributed by atoms with Crippen LogP contribution in [0.4, 0.5) is 13.2 Å². The van der Waals surface area contributed by atoms with Gasteiger partial charge in [-0.25, -0.2) is 0 Å². The smallest absolute Gasteiger partial charge is 0.413 e. The zero-order valence-electron chi connectivity index (χ0n) is 50.0. The average molecular weight is 1390 g/mol. The minimum Gasteiger partial charge on any atom is -0.413 e. The van der Waals surface area contributed by atoms with Crippen LogP contribution in [0.25, 0.3) is 155 Å². The predicted octanol–water partition coefficient (Wildman–Crippen LogP) is 18.2. The summed E-state index contributed by atoms with van der Waals surface area (Å²) in [4.78, 5) is 7.05. The van der Waals surface area contributed by atoms with E-state index in [2.05, 4.69) is 282 Å². The van der Waals surface area contributed by atoms with Gasteiger partial charge in [0.15, 0.2) is 0 Å². The Morgan fingerprint density at radius 3 is 1.65 bits per heavy atom. The van der Waals surface area contributed by atoms with E-state index < -0.39 is 12.0 Å². The number of rotatable bonds is 5. The third-order valence-electron chi connectivity index (χ3n) is 19.2. The summed E-state index contributed by atoms with van der Waals surface area (Å²) in [6.45, 7) is 0. The molecule has 0 saturated carbocycles. The SMILES string of the molecule is FC(F)(F)c1n[n-]c(-c2ccccn2)n1.[Ir].[c-]1cc2c3c4c(ccc3c1-n1[c-][n+](-c3ccc5ccc6cccc7ccc3c5c67)c3ccccc31)C=CCC4=CC2.[c-]1cc2c3c4c(ccc3c1-n1[c-][n+](-c3ccc5ccc6cccc7ccc3c5c67)cc1)C=CCC4=CC2. The molecule has 1 radical (unpaired) electrons. The molecule has 0 atom stereocenters. The van der Waals surface area contributed by atoms with Crippen molar-refractivity contribution in [2.45, 2.75) is 31.9 Å². The summed E-state index contributed by atoms with van der Waals surface area (Å²) in [6, 6.07) is 74.2. The zero-order valence-corrected chi connectivity index (χ0v) is 52.4. The fraction of sp³-hybridized carbons (Fsp3) is 0.0610. The second kappa shape index (κ2) is 21.5. The van der Waals surface area contributed by atoms with Gasteiger partial charge in [0, 0.05) is 38.7 Å². The molecule has 21 rings (SSSR count). The van der Waals surface area contributed by atoms with Crippen LogP contribution >= 0.6 is 0 Å². The number of nitrogens with zero attached hydrogens (tertiary/aromatic N) is 8. The maximum absolute atomic E-state index is 12.1. The number of hydrogen-bond donors (Lipinski definition) is 0. The van der Waals surface area contributed by atoms with Crippen molar-refractivity contribution in [2.24, 2.45) is 0 Å². The Morgan fingerprint density at radius 1 is 0.500 bits per heavy atom. The van der Waals surface area contributed by atoms with Crippen molar-refractivity contribution >= 4 is 121 Å². The van der Waals surface area contributed by atoms with E-state index in [0.717, 1.165) is 59.5 Å². The molecule has 0 aliphatic heterocycles. The standard InChI is InChI=1S/C39H23N2.C35H21N2.C8H4F3N4.Ir/c1-2-10-35-34(9-1)40(32-21-17-28-13-11-24-5-3-7-26-15-19-30(32)38(28)36(24)26)23-41(35)33-22-18-29-14-12-25-6-4-8-27-16-20-31(33)39(29)37(25)27;1-3-22-7-9-26-13-17-30(28-15-11-24(5-1)32(22)34(26)28)36-19-20-37(21-36)31-18-14-27-10-8-23-4-2-6-25-12-16-29(31)35(27)33(23)25;9-8(10,11)7-13-6(14-15-7)5-3-1-2-4-12-5;/h1-5,7-13,15-21H,6,14H2;1-3,5-9,11-17,19-20H,4,10H2;1-4H;/q3*-1;. The van der Waals surface area contributed by atoms with Gasteiger partial charge in [0.05, 0.1) is 28.1 Å². The van der Waals surface area contributed by atoms with Crippen molar-refractivity contribution in [2.75, 3.05) is 0 Å². The van der Waals surface area contributed by atoms with Crippen LogP contribution in [0.5, 0.6) is 0 Å². The summed E-state index contributed by atoms with van der Waals surface area (Å²) in [5.74, 6) is -1.37. The van der Waals surface area contributed by atoms with Crippen LogP contribution in [-0.2, 0) is 39.1 Å². The van der Waals surface area contributed by atoms with E-state index in [1.54, 1.807) is 12.1 Å². The molecule has 0 spiro atoms. The number of alkyl halides is 3. The number of hydrogen-bond acceptors (Lipinski definition) is 3. The van der Waals surface area contributed by atoms with Crippen LogP contribution < -0.4 is 14.2 Å². The summed E-state index contributed by atoms with van der Waals surface area (Å²) >= 11 is 0. The fourth-order valence-corrected chi connectivity index (χ4v) is 15.0. The second-order valence-corrected chi connectivity index (χ2v) is 24.3. The molecule has 4 heterocycles. The molecule has 4 aliphatic carbocycles. The van der Waals surface area contributed by atoms with Gasteiger partial charge in [-0.3, -0.25) is 19.2 Å². The van der Waals surface area contributed by atoms with Gasteiger partial charge < -0.3 is 19.2 Å². The maximum atomic E-state index is 12.1. The Bertz CT molecular complexity index is 6090. The van der Waals surface area contributed by atoms with Gasteiger partial charge >= 0.3 is 6.18 Å². The minimum absolute atomic E-state index is 0. The van der Waals surface area contributed by atoms with Gasteiger partial charge in [-0.1, -0.05) is 189 Å². The van der Waals surface area contributed by atoms with Gasteiger partial charge in [-0.05, 0) is 152 Å². The number of halogens is 3. The van der Waals surface area contributed by atoms with E-state index >= 15 is 0 Å². The Kier molecular flexibility index (Phi) is 12.7. The van der Waals surface area contributed by atoms with Gasteiger partial charge in [0.25, 0.3) is 12.7 Å². The first-order valence-electron chi connectivity index (χ1n) is 31.1. The van der Waals surface area contributed by atoms with Gasteiger partial charge in [0.1, 0.15) is 5.82 Å². The Balaban J connectivity index is 0.000000113. The number of imidazole rings is 2. The first-order valence-corrected chi connectivity index (χ1v) is 31.1. The van der Waals surface area contributed by atoms with Crippen LogP contribution in [0.1, 0.15) is 52.0 Å². The van der Waals surface area contributed by atoms with E-state index in [4.69, 9.17) is 0 Å². The molecule has 13 aromatic carbocycles. The molecule has 0 fully saturated rings. The number of para-hydroxylation sites is 2. The number of fused-ring (bicyclic) bond motifs is 1. The quantitative estimate of drug-likeness (QED) is 0.0978. The van der Waals surface area contributed by atoms with Crippen molar-refractivity contribution in [3.8, 4) is 34.3 Å². The average Bonchev–Trinajstić information content (AvgIpc) is 1.84. The summed E-state index contributed by atoms with van der Waals surface area (Å²) in [7, 11) is 0. The number of pyridine rings is 1. The topological polar surface area (TPSA) is 70.4 Å². The van der Waals surface area contributed by atoms with E-state index in [9.17, 15) is 13.2 Å². The number of benzene rings is 13.